The molecule has 0 aliphatic heterocycles. The van der Waals surface area contributed by atoms with E-state index >= 15 is 0 Å². The Morgan fingerprint density at radius 2 is 2.08 bits per heavy atom. The second-order valence-electron chi connectivity index (χ2n) is 3.37. The van der Waals surface area contributed by atoms with Crippen molar-refractivity contribution in [3.05, 3.63) is 12.7 Å². The maximum Gasteiger partial charge on any atom is 0.0655 e. The molecule has 1 saturated carbocycles. The summed E-state index contributed by atoms with van der Waals surface area (Å²) < 4.78 is 0. The molecule has 0 unspecified atom stereocenters. The SMILES string of the molecule is C=CCNC1CCC(C#N)CC1. The van der Waals surface area contributed by atoms with Crippen molar-refractivity contribution in [2.75, 3.05) is 6.54 Å². The van der Waals surface area contributed by atoms with Gasteiger partial charge in [-0.05, 0) is 25.7 Å². The average molecular weight is 164 g/mol. The number of rotatable bonds is 3. The highest BCUT2D eigenvalue weighted by atomic mass is 14.9. The van der Waals surface area contributed by atoms with Gasteiger partial charge in [0, 0.05) is 18.5 Å². The van der Waals surface area contributed by atoms with E-state index in [4.69, 9.17) is 5.26 Å². The zero-order valence-electron chi connectivity index (χ0n) is 7.42. The van der Waals surface area contributed by atoms with Crippen LogP contribution in [0.4, 0.5) is 0 Å². The second-order valence-corrected chi connectivity index (χ2v) is 3.37. The maximum atomic E-state index is 8.67. The van der Waals surface area contributed by atoms with Crippen LogP contribution in [0.1, 0.15) is 25.7 Å². The molecule has 66 valence electrons. The van der Waals surface area contributed by atoms with Gasteiger partial charge in [0.25, 0.3) is 0 Å². The summed E-state index contributed by atoms with van der Waals surface area (Å²) in [5.41, 5.74) is 0. The van der Waals surface area contributed by atoms with Crippen molar-refractivity contribution in [3.8, 4) is 6.07 Å². The Kier molecular flexibility index (Phi) is 3.83. The smallest absolute Gasteiger partial charge is 0.0655 e. The van der Waals surface area contributed by atoms with Crippen LogP contribution in [-0.4, -0.2) is 12.6 Å². The van der Waals surface area contributed by atoms with Gasteiger partial charge in [-0.25, -0.2) is 0 Å². The molecular formula is C10H16N2. The van der Waals surface area contributed by atoms with Gasteiger partial charge in [-0.2, -0.15) is 5.26 Å². The van der Waals surface area contributed by atoms with Crippen molar-refractivity contribution in [3.63, 3.8) is 0 Å². The fraction of sp³-hybridized carbons (Fsp3) is 0.700. The molecule has 1 aliphatic rings. The van der Waals surface area contributed by atoms with E-state index in [1.165, 1.54) is 0 Å². The third kappa shape index (κ3) is 2.67. The molecule has 2 nitrogen and oxygen atoms in total. The largest absolute Gasteiger partial charge is 0.311 e. The quantitative estimate of drug-likeness (QED) is 0.646. The molecule has 0 radical (unpaired) electrons. The van der Waals surface area contributed by atoms with Crippen molar-refractivity contribution in [1.82, 2.24) is 5.32 Å². The first-order valence-electron chi connectivity index (χ1n) is 4.60. The van der Waals surface area contributed by atoms with Crippen LogP contribution in [-0.2, 0) is 0 Å². The molecule has 0 amide bonds. The second kappa shape index (κ2) is 4.95. The normalized spacial score (nSPS) is 29.2. The summed E-state index contributed by atoms with van der Waals surface area (Å²) in [6.07, 6.45) is 6.30. The van der Waals surface area contributed by atoms with Gasteiger partial charge in [0.15, 0.2) is 0 Å². The van der Waals surface area contributed by atoms with Gasteiger partial charge in [0.05, 0.1) is 6.07 Å². The molecule has 2 heteroatoms. The summed E-state index contributed by atoms with van der Waals surface area (Å²) in [5, 5.41) is 12.1. The third-order valence-electron chi connectivity index (χ3n) is 2.46. The molecule has 0 atom stereocenters. The average Bonchev–Trinajstić information content (AvgIpc) is 2.15. The highest BCUT2D eigenvalue weighted by Gasteiger charge is 2.19. The van der Waals surface area contributed by atoms with E-state index in [0.29, 0.717) is 12.0 Å². The van der Waals surface area contributed by atoms with Gasteiger partial charge < -0.3 is 5.32 Å². The summed E-state index contributed by atoms with van der Waals surface area (Å²) in [4.78, 5) is 0. The maximum absolute atomic E-state index is 8.67. The van der Waals surface area contributed by atoms with Crippen LogP contribution < -0.4 is 5.32 Å². The molecule has 0 aromatic rings. The molecule has 12 heavy (non-hydrogen) atoms. The lowest BCUT2D eigenvalue weighted by Crippen LogP contribution is -2.32. The summed E-state index contributed by atoms with van der Waals surface area (Å²) in [5.74, 6) is 0.312. The van der Waals surface area contributed by atoms with E-state index in [2.05, 4.69) is 18.0 Å². The molecule has 1 N–H and O–H groups in total. The Hall–Kier alpha value is -0.810. The molecular weight excluding hydrogens is 148 g/mol. The molecule has 0 saturated heterocycles. The van der Waals surface area contributed by atoms with Crippen LogP contribution in [0.15, 0.2) is 12.7 Å². The molecule has 0 aromatic carbocycles. The molecule has 1 rings (SSSR count). The zero-order chi connectivity index (χ0) is 8.81. The fourth-order valence-electron chi connectivity index (χ4n) is 1.68. The monoisotopic (exact) mass is 164 g/mol. The van der Waals surface area contributed by atoms with E-state index in [1.807, 2.05) is 6.08 Å². The van der Waals surface area contributed by atoms with Crippen LogP contribution >= 0.6 is 0 Å². The highest BCUT2D eigenvalue weighted by Crippen LogP contribution is 2.23. The predicted octanol–water partition coefficient (Wildman–Crippen LogP) is 1.84. The third-order valence-corrected chi connectivity index (χ3v) is 2.46. The van der Waals surface area contributed by atoms with Crippen LogP contribution in [0, 0.1) is 17.2 Å². The Bertz CT molecular complexity index is 173. The summed E-state index contributed by atoms with van der Waals surface area (Å²) >= 11 is 0. The molecule has 0 aromatic heterocycles. The zero-order valence-corrected chi connectivity index (χ0v) is 7.42. The van der Waals surface area contributed by atoms with E-state index < -0.39 is 0 Å². The number of hydrogen-bond acceptors (Lipinski definition) is 2. The van der Waals surface area contributed by atoms with Gasteiger partial charge in [0.1, 0.15) is 0 Å². The van der Waals surface area contributed by atoms with Crippen molar-refractivity contribution in [2.24, 2.45) is 5.92 Å². The lowest BCUT2D eigenvalue weighted by Gasteiger charge is -2.25. The molecule has 1 aliphatic carbocycles. The molecule has 1 fully saturated rings. The predicted molar refractivity (Wildman–Crippen MR) is 49.6 cm³/mol. The van der Waals surface area contributed by atoms with E-state index in [-0.39, 0.29) is 0 Å². The minimum atomic E-state index is 0.312. The lowest BCUT2D eigenvalue weighted by atomic mass is 9.87. The van der Waals surface area contributed by atoms with Crippen LogP contribution in [0.2, 0.25) is 0 Å². The van der Waals surface area contributed by atoms with Gasteiger partial charge >= 0.3 is 0 Å². The van der Waals surface area contributed by atoms with Crippen molar-refractivity contribution in [1.29, 1.82) is 5.26 Å². The van der Waals surface area contributed by atoms with E-state index in [0.717, 1.165) is 32.2 Å². The van der Waals surface area contributed by atoms with Crippen LogP contribution in [0.3, 0.4) is 0 Å². The minimum Gasteiger partial charge on any atom is -0.311 e. The number of nitrogens with zero attached hydrogens (tertiary/aromatic N) is 1. The van der Waals surface area contributed by atoms with Crippen LogP contribution in [0.25, 0.3) is 0 Å². The summed E-state index contributed by atoms with van der Waals surface area (Å²) in [7, 11) is 0. The van der Waals surface area contributed by atoms with E-state index in [9.17, 15) is 0 Å². The Morgan fingerprint density at radius 1 is 1.42 bits per heavy atom. The standard InChI is InChI=1S/C10H16N2/c1-2-7-12-10-5-3-9(8-11)4-6-10/h2,9-10,12H,1,3-7H2. The van der Waals surface area contributed by atoms with Crippen molar-refractivity contribution < 1.29 is 0 Å². The summed E-state index contributed by atoms with van der Waals surface area (Å²) in [6, 6.07) is 2.95. The first kappa shape index (κ1) is 9.28. The number of nitrogens with one attached hydrogen (secondary N) is 1. The Balaban J connectivity index is 2.18. The van der Waals surface area contributed by atoms with Crippen LogP contribution in [0.5, 0.6) is 0 Å². The lowest BCUT2D eigenvalue weighted by molar-refractivity contribution is 0.340. The van der Waals surface area contributed by atoms with Crippen molar-refractivity contribution >= 4 is 0 Å². The first-order valence-corrected chi connectivity index (χ1v) is 4.60. The Morgan fingerprint density at radius 3 is 2.58 bits per heavy atom. The van der Waals surface area contributed by atoms with Gasteiger partial charge in [-0.1, -0.05) is 6.08 Å². The topological polar surface area (TPSA) is 35.8 Å². The molecule has 0 spiro atoms. The first-order chi connectivity index (χ1) is 5.86. The minimum absolute atomic E-state index is 0.312. The summed E-state index contributed by atoms with van der Waals surface area (Å²) in [6.45, 7) is 4.55. The fourth-order valence-corrected chi connectivity index (χ4v) is 1.68. The number of hydrogen-bond donors (Lipinski definition) is 1. The van der Waals surface area contributed by atoms with Crippen molar-refractivity contribution in [2.45, 2.75) is 31.7 Å². The number of nitriles is 1. The Labute approximate surface area is 74.3 Å². The van der Waals surface area contributed by atoms with Gasteiger partial charge in [0.2, 0.25) is 0 Å². The molecule has 0 heterocycles. The van der Waals surface area contributed by atoms with E-state index in [1.54, 1.807) is 0 Å². The highest BCUT2D eigenvalue weighted by molar-refractivity contribution is 4.89. The van der Waals surface area contributed by atoms with Gasteiger partial charge in [-0.15, -0.1) is 6.58 Å². The van der Waals surface area contributed by atoms with Gasteiger partial charge in [-0.3, -0.25) is 0 Å². The molecule has 0 bridgehead atoms.